The number of hydrogen-bond donors (Lipinski definition) is 2. The van der Waals surface area contributed by atoms with Crippen molar-refractivity contribution in [2.75, 3.05) is 18.5 Å². The van der Waals surface area contributed by atoms with Crippen molar-refractivity contribution in [3.63, 3.8) is 0 Å². The number of likely N-dealkylation sites (tertiary alicyclic amines) is 1. The lowest BCUT2D eigenvalue weighted by atomic mass is 9.98. The molecule has 178 valence electrons. The third-order valence-corrected chi connectivity index (χ3v) is 7.07. The number of benzene rings is 3. The van der Waals surface area contributed by atoms with E-state index in [4.69, 9.17) is 4.74 Å². The highest BCUT2D eigenvalue weighted by atomic mass is 16.5. The molecule has 1 saturated heterocycles. The molecule has 0 saturated carbocycles. The number of ether oxygens (including phenoxy) is 1. The van der Waals surface area contributed by atoms with Gasteiger partial charge in [-0.25, -0.2) is 9.59 Å². The van der Waals surface area contributed by atoms with Crippen molar-refractivity contribution in [3.8, 4) is 11.1 Å². The first kappa shape index (κ1) is 22.7. The SMILES string of the molecule is C[C@]1(C(=O)O)CCCN1C(=O)c1ccc(NC(=O)OCC2c3ccccc3-c3ccccc32)cc1. The molecule has 7 heteroatoms. The molecule has 0 unspecified atom stereocenters. The quantitative estimate of drug-likeness (QED) is 0.539. The number of nitrogens with one attached hydrogen (secondary N) is 1. The molecule has 1 heterocycles. The third kappa shape index (κ3) is 4.03. The first-order valence-electron chi connectivity index (χ1n) is 11.7. The second-order valence-electron chi connectivity index (χ2n) is 9.17. The molecule has 1 aliphatic heterocycles. The predicted molar refractivity (Wildman–Crippen MR) is 131 cm³/mol. The van der Waals surface area contributed by atoms with Crippen LogP contribution < -0.4 is 5.32 Å². The normalized spacial score (nSPS) is 18.6. The second kappa shape index (κ2) is 8.91. The molecule has 1 atom stereocenters. The van der Waals surface area contributed by atoms with Gasteiger partial charge in [-0.1, -0.05) is 48.5 Å². The Morgan fingerprint density at radius 3 is 2.17 bits per heavy atom. The topological polar surface area (TPSA) is 95.9 Å². The van der Waals surface area contributed by atoms with E-state index in [1.54, 1.807) is 31.2 Å². The van der Waals surface area contributed by atoms with Gasteiger partial charge in [0, 0.05) is 23.7 Å². The van der Waals surface area contributed by atoms with Crippen molar-refractivity contribution in [2.24, 2.45) is 0 Å². The van der Waals surface area contributed by atoms with Gasteiger partial charge in [-0.15, -0.1) is 0 Å². The number of fused-ring (bicyclic) bond motifs is 3. The summed E-state index contributed by atoms with van der Waals surface area (Å²) in [7, 11) is 0. The van der Waals surface area contributed by atoms with Crippen LogP contribution >= 0.6 is 0 Å². The Morgan fingerprint density at radius 1 is 0.971 bits per heavy atom. The van der Waals surface area contributed by atoms with Crippen LogP contribution in [0.4, 0.5) is 10.5 Å². The minimum atomic E-state index is -1.20. The van der Waals surface area contributed by atoms with Gasteiger partial charge in [0.15, 0.2) is 0 Å². The Bertz CT molecular complexity index is 1260. The molecular weight excluding hydrogens is 444 g/mol. The van der Waals surface area contributed by atoms with Crippen molar-refractivity contribution < 1.29 is 24.2 Å². The van der Waals surface area contributed by atoms with Crippen LogP contribution in [-0.4, -0.2) is 46.7 Å². The standard InChI is InChI=1S/C28H26N2O5/c1-28(26(32)33)15-6-16-30(28)25(31)18-11-13-19(14-12-18)29-27(34)35-17-24-22-9-4-2-7-20(22)21-8-3-5-10-23(21)24/h2-5,7-14,24H,6,15-17H2,1H3,(H,29,34)(H,32,33)/t28-/m1/s1. The van der Waals surface area contributed by atoms with Crippen LogP contribution in [0.3, 0.4) is 0 Å². The van der Waals surface area contributed by atoms with E-state index in [-0.39, 0.29) is 18.4 Å². The molecule has 2 N–H and O–H groups in total. The highest BCUT2D eigenvalue weighted by Gasteiger charge is 2.46. The van der Waals surface area contributed by atoms with Gasteiger partial charge in [0.05, 0.1) is 0 Å². The summed E-state index contributed by atoms with van der Waals surface area (Å²) in [5.74, 6) is -1.37. The van der Waals surface area contributed by atoms with Crippen LogP contribution in [0.1, 0.15) is 47.2 Å². The summed E-state index contributed by atoms with van der Waals surface area (Å²) in [6, 6.07) is 22.7. The lowest BCUT2D eigenvalue weighted by Crippen LogP contribution is -2.50. The molecule has 3 aromatic carbocycles. The maximum Gasteiger partial charge on any atom is 0.411 e. The number of rotatable bonds is 5. The summed E-state index contributed by atoms with van der Waals surface area (Å²) in [5, 5.41) is 12.3. The van der Waals surface area contributed by atoms with Crippen LogP contribution in [-0.2, 0) is 9.53 Å². The second-order valence-corrected chi connectivity index (χ2v) is 9.17. The molecule has 0 spiro atoms. The van der Waals surface area contributed by atoms with E-state index in [1.165, 1.54) is 4.90 Å². The molecule has 7 nitrogen and oxygen atoms in total. The van der Waals surface area contributed by atoms with E-state index < -0.39 is 17.6 Å². The van der Waals surface area contributed by atoms with Crippen LogP contribution in [0.2, 0.25) is 0 Å². The van der Waals surface area contributed by atoms with Crippen LogP contribution in [0, 0.1) is 0 Å². The molecule has 1 fully saturated rings. The fourth-order valence-electron chi connectivity index (χ4n) is 5.12. The maximum atomic E-state index is 12.9. The number of carboxylic acid groups (broad SMARTS) is 1. The zero-order chi connectivity index (χ0) is 24.6. The van der Waals surface area contributed by atoms with E-state index in [0.717, 1.165) is 22.3 Å². The van der Waals surface area contributed by atoms with E-state index in [2.05, 4.69) is 29.6 Å². The van der Waals surface area contributed by atoms with Crippen molar-refractivity contribution in [2.45, 2.75) is 31.2 Å². The van der Waals surface area contributed by atoms with Gasteiger partial charge in [0.1, 0.15) is 12.1 Å². The zero-order valence-electron chi connectivity index (χ0n) is 19.4. The van der Waals surface area contributed by atoms with Gasteiger partial charge in [0.2, 0.25) is 0 Å². The molecule has 2 aliphatic rings. The summed E-state index contributed by atoms with van der Waals surface area (Å²) in [6.07, 6.45) is 0.495. The molecule has 0 aromatic heterocycles. The number of hydrogen-bond acceptors (Lipinski definition) is 4. The minimum Gasteiger partial charge on any atom is -0.480 e. The van der Waals surface area contributed by atoms with Gasteiger partial charge in [-0.2, -0.15) is 0 Å². The summed E-state index contributed by atoms with van der Waals surface area (Å²) in [4.78, 5) is 38.5. The van der Waals surface area contributed by atoms with Crippen molar-refractivity contribution >= 4 is 23.7 Å². The summed E-state index contributed by atoms with van der Waals surface area (Å²) in [6.45, 7) is 2.19. The smallest absolute Gasteiger partial charge is 0.411 e. The largest absolute Gasteiger partial charge is 0.480 e. The summed E-state index contributed by atoms with van der Waals surface area (Å²) in [5.41, 5.74) is 4.26. The molecule has 1 aliphatic carbocycles. The van der Waals surface area contributed by atoms with Crippen molar-refractivity contribution in [1.29, 1.82) is 0 Å². The molecule has 0 bridgehead atoms. The number of carboxylic acids is 1. The fraction of sp³-hybridized carbons (Fsp3) is 0.250. The van der Waals surface area contributed by atoms with Gasteiger partial charge in [-0.05, 0) is 66.3 Å². The van der Waals surface area contributed by atoms with Crippen LogP contribution in [0.25, 0.3) is 11.1 Å². The number of nitrogens with zero attached hydrogens (tertiary/aromatic N) is 1. The van der Waals surface area contributed by atoms with E-state index in [9.17, 15) is 19.5 Å². The number of carbonyl (C=O) groups excluding carboxylic acids is 2. The van der Waals surface area contributed by atoms with Crippen LogP contribution in [0.15, 0.2) is 72.8 Å². The van der Waals surface area contributed by atoms with Crippen molar-refractivity contribution in [1.82, 2.24) is 4.90 Å². The molecular formula is C28H26N2O5. The average Bonchev–Trinajstić information content (AvgIpc) is 3.42. The van der Waals surface area contributed by atoms with Crippen molar-refractivity contribution in [3.05, 3.63) is 89.5 Å². The highest BCUT2D eigenvalue weighted by Crippen LogP contribution is 2.44. The third-order valence-electron chi connectivity index (χ3n) is 7.07. The summed E-state index contributed by atoms with van der Waals surface area (Å²) >= 11 is 0. The fourth-order valence-corrected chi connectivity index (χ4v) is 5.12. The van der Waals surface area contributed by atoms with Gasteiger partial charge >= 0.3 is 12.1 Å². The number of amides is 2. The number of anilines is 1. The number of aliphatic carboxylic acids is 1. The average molecular weight is 471 g/mol. The summed E-state index contributed by atoms with van der Waals surface area (Å²) < 4.78 is 5.57. The lowest BCUT2D eigenvalue weighted by molar-refractivity contribution is -0.147. The molecule has 2 amide bonds. The van der Waals surface area contributed by atoms with E-state index in [0.29, 0.717) is 30.6 Å². The molecule has 35 heavy (non-hydrogen) atoms. The van der Waals surface area contributed by atoms with E-state index in [1.807, 2.05) is 24.3 Å². The zero-order valence-corrected chi connectivity index (χ0v) is 19.4. The molecule has 5 rings (SSSR count). The first-order valence-corrected chi connectivity index (χ1v) is 11.7. The Balaban J connectivity index is 1.22. The monoisotopic (exact) mass is 470 g/mol. The highest BCUT2D eigenvalue weighted by molar-refractivity contribution is 5.98. The number of carbonyl (C=O) groups is 3. The Labute approximate surface area is 203 Å². The lowest BCUT2D eigenvalue weighted by Gasteiger charge is -2.31. The Hall–Kier alpha value is -4.13. The van der Waals surface area contributed by atoms with Gasteiger partial charge < -0.3 is 14.7 Å². The van der Waals surface area contributed by atoms with E-state index >= 15 is 0 Å². The Kier molecular flexibility index (Phi) is 5.76. The van der Waals surface area contributed by atoms with Gasteiger partial charge in [-0.3, -0.25) is 10.1 Å². The Morgan fingerprint density at radius 2 is 1.57 bits per heavy atom. The molecule has 3 aromatic rings. The maximum absolute atomic E-state index is 12.9. The predicted octanol–water partition coefficient (Wildman–Crippen LogP) is 5.13. The minimum absolute atomic E-state index is 0.0304. The van der Waals surface area contributed by atoms with Crippen LogP contribution in [0.5, 0.6) is 0 Å². The first-order chi connectivity index (χ1) is 16.9. The van der Waals surface area contributed by atoms with Gasteiger partial charge in [0.25, 0.3) is 5.91 Å². The molecule has 0 radical (unpaired) electrons.